The van der Waals surface area contributed by atoms with E-state index < -0.39 is 0 Å². The minimum Gasteiger partial charge on any atom is -0.383 e. The number of hydrogen-bond donors (Lipinski definition) is 0. The Bertz CT molecular complexity index is 863. The van der Waals surface area contributed by atoms with Gasteiger partial charge in [0.2, 0.25) is 0 Å². The Morgan fingerprint density at radius 1 is 0.923 bits per heavy atom. The molecule has 2 aromatic rings. The van der Waals surface area contributed by atoms with Crippen LogP contribution in [0, 0.1) is 0 Å². The number of benzene rings is 2. The fraction of sp³-hybridized carbons (Fsp3) is 0.158. The van der Waals surface area contributed by atoms with Crippen LogP contribution in [-0.2, 0) is 14.3 Å². The molecule has 0 spiro atoms. The normalized spacial score (nSPS) is 14.5. The molecule has 134 valence electrons. The van der Waals surface area contributed by atoms with Gasteiger partial charge in [0, 0.05) is 22.1 Å². The molecule has 0 unspecified atom stereocenters. The number of carbonyl (C=O) groups excluding carboxylic acids is 2. The zero-order valence-electron chi connectivity index (χ0n) is 13.9. The van der Waals surface area contributed by atoms with Gasteiger partial charge in [-0.2, -0.15) is 0 Å². The standard InChI is InChI=1S/C19H15Cl2NO3S/c1-25-11-10-22-18(23)16(12-2-4-13(20)5-3-12)17(19(22)24)26-15-8-6-14(21)7-9-15/h2-9H,10-11H2,1H3. The lowest BCUT2D eigenvalue weighted by Gasteiger charge is -2.14. The van der Waals surface area contributed by atoms with Crippen molar-refractivity contribution in [2.75, 3.05) is 20.3 Å². The van der Waals surface area contributed by atoms with E-state index in [1.54, 1.807) is 36.4 Å². The lowest BCUT2D eigenvalue weighted by atomic mass is 10.1. The Hall–Kier alpha value is -1.79. The number of halogens is 2. The zero-order chi connectivity index (χ0) is 18.7. The molecule has 2 aromatic carbocycles. The van der Waals surface area contributed by atoms with Crippen molar-refractivity contribution in [3.05, 3.63) is 69.0 Å². The SMILES string of the molecule is COCCN1C(=O)C(Sc2ccc(Cl)cc2)=C(c2ccc(Cl)cc2)C1=O. The molecule has 0 bridgehead atoms. The van der Waals surface area contributed by atoms with Crippen LogP contribution in [0.4, 0.5) is 0 Å². The van der Waals surface area contributed by atoms with Gasteiger partial charge in [-0.1, -0.05) is 47.1 Å². The molecule has 0 N–H and O–H groups in total. The van der Waals surface area contributed by atoms with Gasteiger partial charge in [0.25, 0.3) is 11.8 Å². The van der Waals surface area contributed by atoms with Crippen molar-refractivity contribution in [3.63, 3.8) is 0 Å². The molecular weight excluding hydrogens is 393 g/mol. The third kappa shape index (κ3) is 3.96. The van der Waals surface area contributed by atoms with E-state index >= 15 is 0 Å². The largest absolute Gasteiger partial charge is 0.383 e. The van der Waals surface area contributed by atoms with E-state index in [-0.39, 0.29) is 25.0 Å². The van der Waals surface area contributed by atoms with E-state index in [4.69, 9.17) is 27.9 Å². The Morgan fingerprint density at radius 2 is 1.50 bits per heavy atom. The summed E-state index contributed by atoms with van der Waals surface area (Å²) in [7, 11) is 1.53. The summed E-state index contributed by atoms with van der Waals surface area (Å²) in [5.41, 5.74) is 1.03. The van der Waals surface area contributed by atoms with Crippen LogP contribution < -0.4 is 0 Å². The monoisotopic (exact) mass is 407 g/mol. The number of hydrogen-bond acceptors (Lipinski definition) is 4. The smallest absolute Gasteiger partial charge is 0.268 e. The Balaban J connectivity index is 2.02. The van der Waals surface area contributed by atoms with Crippen molar-refractivity contribution in [2.24, 2.45) is 0 Å². The fourth-order valence-corrected chi connectivity index (χ4v) is 3.79. The number of methoxy groups -OCH3 is 1. The molecule has 26 heavy (non-hydrogen) atoms. The van der Waals surface area contributed by atoms with Gasteiger partial charge in [0.05, 0.1) is 23.6 Å². The van der Waals surface area contributed by atoms with Gasteiger partial charge in [-0.15, -0.1) is 0 Å². The van der Waals surface area contributed by atoms with Crippen LogP contribution in [0.1, 0.15) is 5.56 Å². The minimum absolute atomic E-state index is 0.204. The van der Waals surface area contributed by atoms with E-state index in [0.29, 0.717) is 26.1 Å². The molecule has 7 heteroatoms. The predicted molar refractivity (Wildman–Crippen MR) is 104 cm³/mol. The number of amides is 2. The molecule has 0 saturated heterocycles. The number of thioether (sulfide) groups is 1. The number of carbonyl (C=O) groups is 2. The molecule has 3 rings (SSSR count). The number of nitrogens with zero attached hydrogens (tertiary/aromatic N) is 1. The maximum absolute atomic E-state index is 12.9. The summed E-state index contributed by atoms with van der Waals surface area (Å²) in [5, 5.41) is 1.17. The van der Waals surface area contributed by atoms with Gasteiger partial charge in [-0.3, -0.25) is 14.5 Å². The molecule has 0 radical (unpaired) electrons. The quantitative estimate of drug-likeness (QED) is 0.660. The summed E-state index contributed by atoms with van der Waals surface area (Å²) in [6.45, 7) is 0.486. The maximum Gasteiger partial charge on any atom is 0.268 e. The summed E-state index contributed by atoms with van der Waals surface area (Å²) >= 11 is 13.1. The third-order valence-electron chi connectivity index (χ3n) is 3.81. The third-order valence-corrected chi connectivity index (χ3v) is 5.41. The molecular formula is C19H15Cl2NO3S. The molecule has 0 fully saturated rings. The molecule has 1 aliphatic heterocycles. The first kappa shape index (κ1) is 19.0. The highest BCUT2D eigenvalue weighted by atomic mass is 35.5. The molecule has 2 amide bonds. The lowest BCUT2D eigenvalue weighted by Crippen LogP contribution is -2.34. The van der Waals surface area contributed by atoms with Crippen LogP contribution in [0.2, 0.25) is 10.0 Å². The molecule has 1 heterocycles. The van der Waals surface area contributed by atoms with Crippen molar-refractivity contribution in [2.45, 2.75) is 4.90 Å². The molecule has 0 aliphatic carbocycles. The molecule has 0 saturated carbocycles. The average Bonchev–Trinajstić information content (AvgIpc) is 2.86. The van der Waals surface area contributed by atoms with Crippen molar-refractivity contribution in [1.29, 1.82) is 0 Å². The van der Waals surface area contributed by atoms with Crippen LogP contribution in [-0.4, -0.2) is 37.0 Å². The Morgan fingerprint density at radius 3 is 2.08 bits per heavy atom. The van der Waals surface area contributed by atoms with Gasteiger partial charge in [0.1, 0.15) is 0 Å². The van der Waals surface area contributed by atoms with E-state index in [1.165, 1.54) is 23.8 Å². The van der Waals surface area contributed by atoms with Crippen molar-refractivity contribution in [3.8, 4) is 0 Å². The summed E-state index contributed by atoms with van der Waals surface area (Å²) < 4.78 is 5.02. The van der Waals surface area contributed by atoms with Gasteiger partial charge < -0.3 is 4.74 Å². The van der Waals surface area contributed by atoms with E-state index in [2.05, 4.69) is 0 Å². The first-order valence-electron chi connectivity index (χ1n) is 7.80. The predicted octanol–water partition coefficient (Wildman–Crippen LogP) is 4.51. The summed E-state index contributed by atoms with van der Waals surface area (Å²) in [6, 6.07) is 14.0. The summed E-state index contributed by atoms with van der Waals surface area (Å²) in [6.07, 6.45) is 0. The highest BCUT2D eigenvalue weighted by molar-refractivity contribution is 8.04. The van der Waals surface area contributed by atoms with Gasteiger partial charge in [-0.25, -0.2) is 0 Å². The summed E-state index contributed by atoms with van der Waals surface area (Å²) in [4.78, 5) is 28.2. The maximum atomic E-state index is 12.9. The molecule has 0 atom stereocenters. The number of rotatable bonds is 6. The topological polar surface area (TPSA) is 46.6 Å². The van der Waals surface area contributed by atoms with Gasteiger partial charge in [-0.05, 0) is 42.0 Å². The second-order valence-corrected chi connectivity index (χ2v) is 7.48. The van der Waals surface area contributed by atoms with Crippen LogP contribution in [0.3, 0.4) is 0 Å². The second-order valence-electron chi connectivity index (χ2n) is 5.52. The number of ether oxygens (including phenoxy) is 1. The van der Waals surface area contributed by atoms with E-state index in [1.807, 2.05) is 12.1 Å². The summed E-state index contributed by atoms with van der Waals surface area (Å²) in [5.74, 6) is -0.650. The zero-order valence-corrected chi connectivity index (χ0v) is 16.2. The van der Waals surface area contributed by atoms with Crippen LogP contribution in [0.5, 0.6) is 0 Å². The first-order valence-corrected chi connectivity index (χ1v) is 9.37. The van der Waals surface area contributed by atoms with Gasteiger partial charge >= 0.3 is 0 Å². The second kappa shape index (κ2) is 8.27. The highest BCUT2D eigenvalue weighted by Crippen LogP contribution is 2.40. The Labute approximate surface area is 165 Å². The first-order chi connectivity index (χ1) is 12.5. The van der Waals surface area contributed by atoms with Crippen LogP contribution in [0.15, 0.2) is 58.3 Å². The van der Waals surface area contributed by atoms with E-state index in [0.717, 1.165) is 4.90 Å². The Kier molecular flexibility index (Phi) is 6.04. The highest BCUT2D eigenvalue weighted by Gasteiger charge is 2.39. The van der Waals surface area contributed by atoms with Crippen LogP contribution >= 0.6 is 35.0 Å². The van der Waals surface area contributed by atoms with Crippen molar-refractivity contribution >= 4 is 52.4 Å². The average molecular weight is 408 g/mol. The van der Waals surface area contributed by atoms with Crippen molar-refractivity contribution < 1.29 is 14.3 Å². The molecule has 0 aromatic heterocycles. The van der Waals surface area contributed by atoms with Gasteiger partial charge in [0.15, 0.2) is 0 Å². The molecule has 4 nitrogen and oxygen atoms in total. The molecule has 1 aliphatic rings. The number of imide groups is 1. The fourth-order valence-electron chi connectivity index (χ4n) is 2.53. The minimum atomic E-state index is -0.328. The van der Waals surface area contributed by atoms with Crippen LogP contribution in [0.25, 0.3) is 5.57 Å². The lowest BCUT2D eigenvalue weighted by molar-refractivity contribution is -0.137. The van der Waals surface area contributed by atoms with E-state index in [9.17, 15) is 9.59 Å². The van der Waals surface area contributed by atoms with Crippen molar-refractivity contribution in [1.82, 2.24) is 4.90 Å².